The molecule has 132 valence electrons. The Balaban J connectivity index is 1.37. The lowest BCUT2D eigenvalue weighted by molar-refractivity contribution is -0.133. The highest BCUT2D eigenvalue weighted by Gasteiger charge is 2.21. The number of benzene rings is 2. The molecule has 1 aromatic heterocycles. The molecule has 0 atom stereocenters. The lowest BCUT2D eigenvalue weighted by atomic mass is 10.2. The van der Waals surface area contributed by atoms with E-state index in [9.17, 15) is 9.59 Å². The summed E-state index contributed by atoms with van der Waals surface area (Å²) in [6.07, 6.45) is 0. The summed E-state index contributed by atoms with van der Waals surface area (Å²) in [6, 6.07) is 12.8. The zero-order valence-electron chi connectivity index (χ0n) is 13.8. The van der Waals surface area contributed by atoms with Crippen molar-refractivity contribution in [2.45, 2.75) is 6.54 Å². The topological polar surface area (TPSA) is 84.4 Å². The molecule has 1 N–H and O–H groups in total. The molecule has 7 nitrogen and oxygen atoms in total. The maximum absolute atomic E-state index is 12.3. The zero-order chi connectivity index (χ0) is 17.9. The van der Waals surface area contributed by atoms with Crippen LogP contribution < -0.4 is 10.1 Å². The van der Waals surface area contributed by atoms with Crippen LogP contribution in [0.5, 0.6) is 5.75 Å². The average molecular weight is 368 g/mol. The van der Waals surface area contributed by atoms with Crippen molar-refractivity contribution in [2.24, 2.45) is 0 Å². The molecule has 0 unspecified atom stereocenters. The van der Waals surface area contributed by atoms with Gasteiger partial charge in [0.25, 0.3) is 11.8 Å². The fourth-order valence-electron chi connectivity index (χ4n) is 2.83. The summed E-state index contributed by atoms with van der Waals surface area (Å²) in [5, 5.41) is 2.85. The van der Waals surface area contributed by atoms with Gasteiger partial charge in [0.05, 0.1) is 11.7 Å². The van der Waals surface area contributed by atoms with Gasteiger partial charge >= 0.3 is 0 Å². The molecule has 1 aliphatic rings. The average Bonchev–Trinajstić information content (AvgIpc) is 3.07. The molecule has 0 saturated heterocycles. The highest BCUT2D eigenvalue weighted by atomic mass is 32.1. The van der Waals surface area contributed by atoms with Crippen molar-refractivity contribution in [3.8, 4) is 5.75 Å². The van der Waals surface area contributed by atoms with Gasteiger partial charge in [0, 0.05) is 30.8 Å². The van der Waals surface area contributed by atoms with Crippen LogP contribution in [0.4, 0.5) is 0 Å². The van der Waals surface area contributed by atoms with Crippen molar-refractivity contribution in [3.63, 3.8) is 0 Å². The Labute approximate surface area is 153 Å². The summed E-state index contributed by atoms with van der Waals surface area (Å²) in [5.41, 5.74) is 2.98. The Morgan fingerprint density at radius 3 is 2.96 bits per heavy atom. The number of aromatic nitrogens is 2. The first-order valence-electron chi connectivity index (χ1n) is 8.20. The van der Waals surface area contributed by atoms with Gasteiger partial charge in [-0.3, -0.25) is 9.59 Å². The summed E-state index contributed by atoms with van der Waals surface area (Å²) in [5.74, 6) is 0.446. The lowest BCUT2D eigenvalue weighted by Crippen LogP contribution is -2.39. The van der Waals surface area contributed by atoms with E-state index in [0.717, 1.165) is 28.6 Å². The molecule has 26 heavy (non-hydrogen) atoms. The standard InChI is InChI=1S/C18H16N4O3S/c23-17-11-25-16-4-2-1-3-13(16)10-22(17)8-7-19-18(24)12-5-6-14-15(9-12)21-26-20-14/h1-6,9H,7-8,10-11H2,(H,19,24). The van der Waals surface area contributed by atoms with Gasteiger partial charge in [-0.1, -0.05) is 18.2 Å². The zero-order valence-corrected chi connectivity index (χ0v) is 14.7. The Morgan fingerprint density at radius 1 is 1.19 bits per heavy atom. The van der Waals surface area contributed by atoms with Crippen molar-refractivity contribution in [1.29, 1.82) is 0 Å². The van der Waals surface area contributed by atoms with E-state index in [1.165, 1.54) is 0 Å². The predicted octanol–water partition coefficient (Wildman–Crippen LogP) is 1.84. The molecule has 0 radical (unpaired) electrons. The number of ether oxygens (including phenoxy) is 1. The van der Waals surface area contributed by atoms with Crippen LogP contribution in [0.25, 0.3) is 11.0 Å². The van der Waals surface area contributed by atoms with E-state index in [-0.39, 0.29) is 18.4 Å². The van der Waals surface area contributed by atoms with Gasteiger partial charge in [0.1, 0.15) is 16.8 Å². The number of hydrogen-bond donors (Lipinski definition) is 1. The minimum absolute atomic E-state index is 0.0124. The number of carbonyl (C=O) groups excluding carboxylic acids is 2. The van der Waals surface area contributed by atoms with Gasteiger partial charge in [-0.15, -0.1) is 0 Å². The van der Waals surface area contributed by atoms with Crippen LogP contribution in [-0.4, -0.2) is 45.2 Å². The molecule has 0 bridgehead atoms. The van der Waals surface area contributed by atoms with Crippen LogP contribution in [0, 0.1) is 0 Å². The first-order chi connectivity index (χ1) is 12.7. The van der Waals surface area contributed by atoms with Crippen LogP contribution >= 0.6 is 11.7 Å². The molecule has 0 saturated carbocycles. The van der Waals surface area contributed by atoms with E-state index < -0.39 is 0 Å². The summed E-state index contributed by atoms with van der Waals surface area (Å²) in [7, 11) is 0. The molecule has 0 fully saturated rings. The van der Waals surface area contributed by atoms with E-state index in [4.69, 9.17) is 4.74 Å². The molecule has 4 rings (SSSR count). The summed E-state index contributed by atoms with van der Waals surface area (Å²) in [4.78, 5) is 26.2. The number of fused-ring (bicyclic) bond motifs is 2. The van der Waals surface area contributed by atoms with Crippen molar-refractivity contribution in [1.82, 2.24) is 19.0 Å². The third kappa shape index (κ3) is 3.36. The largest absolute Gasteiger partial charge is 0.483 e. The summed E-state index contributed by atoms with van der Waals surface area (Å²) < 4.78 is 13.8. The number of amides is 2. The first kappa shape index (κ1) is 16.5. The van der Waals surface area contributed by atoms with Gasteiger partial charge in [-0.2, -0.15) is 8.75 Å². The Bertz CT molecular complexity index is 972. The van der Waals surface area contributed by atoms with Gasteiger partial charge in [0.2, 0.25) is 0 Å². The van der Waals surface area contributed by atoms with Crippen LogP contribution in [0.15, 0.2) is 42.5 Å². The number of nitrogens with zero attached hydrogens (tertiary/aromatic N) is 3. The van der Waals surface area contributed by atoms with E-state index in [1.54, 1.807) is 23.1 Å². The molecule has 2 heterocycles. The number of carbonyl (C=O) groups is 2. The van der Waals surface area contributed by atoms with Gasteiger partial charge in [0.15, 0.2) is 6.61 Å². The molecule has 1 aliphatic heterocycles. The van der Waals surface area contributed by atoms with E-state index in [0.29, 0.717) is 30.7 Å². The normalized spacial score (nSPS) is 13.8. The Kier molecular flexibility index (Phi) is 4.49. The number of rotatable bonds is 4. The van der Waals surface area contributed by atoms with Crippen molar-refractivity contribution in [2.75, 3.05) is 19.7 Å². The van der Waals surface area contributed by atoms with E-state index in [1.807, 2.05) is 24.3 Å². The molecule has 2 amide bonds. The number of para-hydroxylation sites is 1. The highest BCUT2D eigenvalue weighted by molar-refractivity contribution is 7.00. The van der Waals surface area contributed by atoms with Crippen LogP contribution in [0.3, 0.4) is 0 Å². The fourth-order valence-corrected chi connectivity index (χ4v) is 3.35. The molecular formula is C18H16N4O3S. The highest BCUT2D eigenvalue weighted by Crippen LogP contribution is 2.22. The smallest absolute Gasteiger partial charge is 0.260 e. The van der Waals surface area contributed by atoms with Gasteiger partial charge < -0.3 is 15.0 Å². The minimum atomic E-state index is -0.196. The maximum Gasteiger partial charge on any atom is 0.260 e. The monoisotopic (exact) mass is 368 g/mol. The first-order valence-corrected chi connectivity index (χ1v) is 8.93. The second-order valence-electron chi connectivity index (χ2n) is 5.94. The fraction of sp³-hybridized carbons (Fsp3) is 0.222. The van der Waals surface area contributed by atoms with Gasteiger partial charge in [-0.05, 0) is 24.3 Å². The second-order valence-corrected chi connectivity index (χ2v) is 6.46. The molecular weight excluding hydrogens is 352 g/mol. The van der Waals surface area contributed by atoms with Crippen molar-refractivity contribution < 1.29 is 14.3 Å². The molecule has 0 spiro atoms. The Hall–Kier alpha value is -3.00. The molecule has 0 aliphatic carbocycles. The van der Waals surface area contributed by atoms with Crippen LogP contribution in [0.1, 0.15) is 15.9 Å². The SMILES string of the molecule is O=C(NCCN1Cc2ccccc2OCC1=O)c1ccc2nsnc2c1. The van der Waals surface area contributed by atoms with Crippen molar-refractivity contribution in [3.05, 3.63) is 53.6 Å². The predicted molar refractivity (Wildman–Crippen MR) is 97.1 cm³/mol. The quantitative estimate of drug-likeness (QED) is 0.760. The summed E-state index contributed by atoms with van der Waals surface area (Å²) in [6.45, 7) is 1.27. The number of hydrogen-bond acceptors (Lipinski definition) is 6. The summed E-state index contributed by atoms with van der Waals surface area (Å²) >= 11 is 1.12. The molecule has 8 heteroatoms. The van der Waals surface area contributed by atoms with E-state index >= 15 is 0 Å². The third-order valence-corrected chi connectivity index (χ3v) is 4.78. The molecule has 3 aromatic rings. The minimum Gasteiger partial charge on any atom is -0.483 e. The second kappa shape index (κ2) is 7.09. The lowest BCUT2D eigenvalue weighted by Gasteiger charge is -2.20. The van der Waals surface area contributed by atoms with E-state index in [2.05, 4.69) is 14.1 Å². The third-order valence-electron chi connectivity index (χ3n) is 4.22. The maximum atomic E-state index is 12.3. The van der Waals surface area contributed by atoms with Gasteiger partial charge in [-0.25, -0.2) is 0 Å². The van der Waals surface area contributed by atoms with Crippen molar-refractivity contribution >= 4 is 34.6 Å². The van der Waals surface area contributed by atoms with Crippen LogP contribution in [0.2, 0.25) is 0 Å². The van der Waals surface area contributed by atoms with Crippen LogP contribution in [-0.2, 0) is 11.3 Å². The number of nitrogens with one attached hydrogen (secondary N) is 1. The Morgan fingerprint density at radius 2 is 2.04 bits per heavy atom. The molecule has 2 aromatic carbocycles.